The lowest BCUT2D eigenvalue weighted by molar-refractivity contribution is 0.0879. The maximum atomic E-state index is 14.3. The number of benzene rings is 3. The van der Waals surface area contributed by atoms with Crippen LogP contribution in [0.5, 0.6) is 5.75 Å². The molecule has 3 aromatic carbocycles. The average Bonchev–Trinajstić information content (AvgIpc) is 3.19. The topological polar surface area (TPSA) is 138 Å². The number of carbonyl (C=O) groups is 2. The number of fused-ring (bicyclic) bond motifs is 3. The van der Waals surface area contributed by atoms with Crippen LogP contribution >= 0.6 is 0 Å². The van der Waals surface area contributed by atoms with Crippen molar-refractivity contribution in [2.45, 2.75) is 6.04 Å². The van der Waals surface area contributed by atoms with Crippen LogP contribution < -0.4 is 15.8 Å². The number of aliphatic hydroxyl groups excluding tert-OH is 2. The molecular formula is C24H22FN3O5. The number of H-pyrrole nitrogens is 1. The van der Waals surface area contributed by atoms with Gasteiger partial charge >= 0.3 is 0 Å². The molecule has 0 aliphatic rings. The van der Waals surface area contributed by atoms with Gasteiger partial charge in [-0.3, -0.25) is 9.59 Å². The summed E-state index contributed by atoms with van der Waals surface area (Å²) in [5.41, 5.74) is 8.40. The van der Waals surface area contributed by atoms with Gasteiger partial charge in [0.2, 0.25) is 0 Å². The molecule has 0 saturated heterocycles. The highest BCUT2D eigenvalue weighted by Gasteiger charge is 2.18. The van der Waals surface area contributed by atoms with Crippen LogP contribution in [-0.2, 0) is 0 Å². The Morgan fingerprint density at radius 1 is 1.06 bits per heavy atom. The predicted octanol–water partition coefficient (Wildman–Crippen LogP) is 2.32. The second-order valence-corrected chi connectivity index (χ2v) is 7.58. The second-order valence-electron chi connectivity index (χ2n) is 7.58. The number of hydrogen-bond acceptors (Lipinski definition) is 5. The summed E-state index contributed by atoms with van der Waals surface area (Å²) in [4.78, 5) is 27.9. The predicted molar refractivity (Wildman–Crippen MR) is 122 cm³/mol. The molecule has 0 saturated carbocycles. The van der Waals surface area contributed by atoms with Crippen molar-refractivity contribution < 1.29 is 28.9 Å². The zero-order valence-electron chi connectivity index (χ0n) is 17.7. The number of hydrogen-bond donors (Lipinski definition) is 5. The number of nitrogens with one attached hydrogen (secondary N) is 2. The fourth-order valence-corrected chi connectivity index (χ4v) is 3.77. The summed E-state index contributed by atoms with van der Waals surface area (Å²) in [5, 5.41) is 22.3. The van der Waals surface area contributed by atoms with Crippen molar-refractivity contribution in [2.24, 2.45) is 5.73 Å². The zero-order chi connectivity index (χ0) is 23.7. The highest BCUT2D eigenvalue weighted by Crippen LogP contribution is 2.34. The Labute approximate surface area is 187 Å². The van der Waals surface area contributed by atoms with Crippen LogP contribution in [0.4, 0.5) is 4.39 Å². The van der Waals surface area contributed by atoms with Gasteiger partial charge in [-0.05, 0) is 53.6 Å². The van der Waals surface area contributed by atoms with E-state index in [1.54, 1.807) is 36.4 Å². The number of nitrogens with two attached hydrogens (primary N) is 1. The number of aromatic nitrogens is 1. The van der Waals surface area contributed by atoms with E-state index in [1.807, 2.05) is 0 Å². The lowest BCUT2D eigenvalue weighted by Gasteiger charge is -2.13. The van der Waals surface area contributed by atoms with Gasteiger partial charge in [0.15, 0.2) is 11.6 Å². The maximum absolute atomic E-state index is 14.3. The Kier molecular flexibility index (Phi) is 5.99. The number of primary amides is 1. The number of aromatic amines is 1. The summed E-state index contributed by atoms with van der Waals surface area (Å²) in [7, 11) is 1.37. The first-order valence-corrected chi connectivity index (χ1v) is 10.1. The quantitative estimate of drug-likeness (QED) is 0.294. The van der Waals surface area contributed by atoms with Crippen molar-refractivity contribution in [3.05, 3.63) is 65.5 Å². The van der Waals surface area contributed by atoms with E-state index in [0.29, 0.717) is 38.5 Å². The molecule has 2 amide bonds. The molecule has 1 aromatic heterocycles. The normalized spacial score (nSPS) is 11.3. The monoisotopic (exact) mass is 451 g/mol. The third kappa shape index (κ3) is 4.11. The number of ether oxygens (including phenoxy) is 1. The molecule has 0 aliphatic carbocycles. The van der Waals surface area contributed by atoms with E-state index in [4.69, 9.17) is 10.5 Å². The summed E-state index contributed by atoms with van der Waals surface area (Å²) >= 11 is 0. The Balaban J connectivity index is 1.88. The van der Waals surface area contributed by atoms with Crippen molar-refractivity contribution in [3.8, 4) is 16.9 Å². The average molecular weight is 451 g/mol. The Morgan fingerprint density at radius 2 is 1.82 bits per heavy atom. The van der Waals surface area contributed by atoms with Gasteiger partial charge in [-0.15, -0.1) is 0 Å². The first kappa shape index (κ1) is 22.3. The molecule has 4 rings (SSSR count). The number of carbonyl (C=O) groups excluding carboxylic acids is 2. The molecule has 0 spiro atoms. The molecule has 170 valence electrons. The number of halogens is 1. The van der Waals surface area contributed by atoms with E-state index >= 15 is 0 Å². The molecule has 0 radical (unpaired) electrons. The van der Waals surface area contributed by atoms with Crippen molar-refractivity contribution in [1.29, 1.82) is 0 Å². The highest BCUT2D eigenvalue weighted by atomic mass is 19.1. The minimum Gasteiger partial charge on any atom is -0.494 e. The minimum absolute atomic E-state index is 0.0989. The number of rotatable bonds is 7. The van der Waals surface area contributed by atoms with Gasteiger partial charge < -0.3 is 31.0 Å². The van der Waals surface area contributed by atoms with Gasteiger partial charge in [0.1, 0.15) is 0 Å². The van der Waals surface area contributed by atoms with Crippen LogP contribution in [0.3, 0.4) is 0 Å². The van der Waals surface area contributed by atoms with Gasteiger partial charge in [0, 0.05) is 21.9 Å². The van der Waals surface area contributed by atoms with Crippen molar-refractivity contribution in [3.63, 3.8) is 0 Å². The van der Waals surface area contributed by atoms with Crippen LogP contribution in [0.1, 0.15) is 20.7 Å². The molecule has 4 aromatic rings. The Bertz CT molecular complexity index is 1380. The lowest BCUT2D eigenvalue weighted by Crippen LogP contribution is -2.40. The second kappa shape index (κ2) is 8.89. The van der Waals surface area contributed by atoms with Crippen LogP contribution in [0, 0.1) is 5.82 Å². The molecule has 8 nitrogen and oxygen atoms in total. The third-order valence-corrected chi connectivity index (χ3v) is 5.50. The molecule has 6 N–H and O–H groups in total. The van der Waals surface area contributed by atoms with E-state index < -0.39 is 36.9 Å². The van der Waals surface area contributed by atoms with Crippen LogP contribution in [0.2, 0.25) is 0 Å². The fourth-order valence-electron chi connectivity index (χ4n) is 3.77. The first-order chi connectivity index (χ1) is 15.9. The lowest BCUT2D eigenvalue weighted by atomic mass is 9.98. The summed E-state index contributed by atoms with van der Waals surface area (Å²) in [6.07, 6.45) is 0. The maximum Gasteiger partial charge on any atom is 0.251 e. The molecule has 0 aliphatic heterocycles. The molecule has 0 atom stereocenters. The third-order valence-electron chi connectivity index (χ3n) is 5.50. The van der Waals surface area contributed by atoms with Crippen molar-refractivity contribution in [2.75, 3.05) is 20.3 Å². The Morgan fingerprint density at radius 3 is 2.45 bits per heavy atom. The van der Waals surface area contributed by atoms with E-state index in [0.717, 1.165) is 0 Å². The van der Waals surface area contributed by atoms with Gasteiger partial charge in [-0.2, -0.15) is 0 Å². The summed E-state index contributed by atoms with van der Waals surface area (Å²) < 4.78 is 19.3. The number of methoxy groups -OCH3 is 1. The highest BCUT2D eigenvalue weighted by molar-refractivity contribution is 6.17. The van der Waals surface area contributed by atoms with Gasteiger partial charge in [-0.25, -0.2) is 4.39 Å². The molecule has 0 unspecified atom stereocenters. The van der Waals surface area contributed by atoms with Crippen LogP contribution in [0.15, 0.2) is 48.5 Å². The van der Waals surface area contributed by atoms with E-state index in [-0.39, 0.29) is 11.3 Å². The van der Waals surface area contributed by atoms with E-state index in [1.165, 1.54) is 19.2 Å². The van der Waals surface area contributed by atoms with Crippen LogP contribution in [-0.4, -0.2) is 53.4 Å². The van der Waals surface area contributed by atoms with Gasteiger partial charge in [-0.1, -0.05) is 6.07 Å². The fraction of sp³-hybridized carbons (Fsp3) is 0.167. The molecule has 33 heavy (non-hydrogen) atoms. The smallest absolute Gasteiger partial charge is 0.251 e. The van der Waals surface area contributed by atoms with Gasteiger partial charge in [0.25, 0.3) is 11.8 Å². The zero-order valence-corrected chi connectivity index (χ0v) is 17.7. The van der Waals surface area contributed by atoms with E-state index in [2.05, 4.69) is 10.3 Å². The number of amides is 2. The summed E-state index contributed by atoms with van der Waals surface area (Å²) in [6.45, 7) is -0.803. The molecule has 1 heterocycles. The van der Waals surface area contributed by atoms with E-state index in [9.17, 15) is 24.2 Å². The largest absolute Gasteiger partial charge is 0.494 e. The first-order valence-electron chi connectivity index (χ1n) is 10.1. The molecule has 0 fully saturated rings. The van der Waals surface area contributed by atoms with Gasteiger partial charge in [0.05, 0.1) is 37.4 Å². The standard InChI is InChI=1S/C24H22FN3O5/c1-33-21-5-3-12(9-19(21)25)14-7-17-16-6-13(24(32)27-15(10-29)11-30)2-4-20(16)28-22(17)18(8-14)23(26)31/h2-9,15,28-30H,10-11H2,1H3,(H2,26,31)(H,27,32). The molecule has 9 heteroatoms. The molecular weight excluding hydrogens is 429 g/mol. The minimum atomic E-state index is -0.783. The van der Waals surface area contributed by atoms with Crippen molar-refractivity contribution in [1.82, 2.24) is 10.3 Å². The van der Waals surface area contributed by atoms with Crippen molar-refractivity contribution >= 4 is 33.6 Å². The Hall–Kier alpha value is -3.95. The SMILES string of the molecule is COc1ccc(-c2cc(C(N)=O)c3[nH]c4ccc(C(=O)NC(CO)CO)cc4c3c2)cc1F. The summed E-state index contributed by atoms with van der Waals surface area (Å²) in [6, 6.07) is 12.0. The summed E-state index contributed by atoms with van der Waals surface area (Å²) in [5.74, 6) is -1.57. The van der Waals surface area contributed by atoms with Crippen LogP contribution in [0.25, 0.3) is 32.9 Å². The molecule has 0 bridgehead atoms. The number of aliphatic hydroxyl groups is 2.